The van der Waals surface area contributed by atoms with Crippen molar-refractivity contribution in [2.75, 3.05) is 18.0 Å². The molecule has 1 N–H and O–H groups in total. The molecule has 1 atom stereocenters. The van der Waals surface area contributed by atoms with Crippen LogP contribution in [0, 0.1) is 5.82 Å². The molecule has 3 aromatic rings. The topological polar surface area (TPSA) is 88.6 Å². The number of amides is 2. The zero-order valence-electron chi connectivity index (χ0n) is 19.4. The fourth-order valence-electron chi connectivity index (χ4n) is 3.92. The molecule has 1 saturated heterocycles. The van der Waals surface area contributed by atoms with E-state index < -0.39 is 11.9 Å². The van der Waals surface area contributed by atoms with Gasteiger partial charge in [-0.25, -0.2) is 9.18 Å². The summed E-state index contributed by atoms with van der Waals surface area (Å²) in [6.45, 7) is 2.25. The molecule has 1 aromatic heterocycles. The molecular formula is C27H26FN3O4. The lowest BCUT2D eigenvalue weighted by atomic mass is 10.0. The minimum absolute atomic E-state index is 0.0374. The minimum Gasteiger partial charge on any atom is -0.444 e. The van der Waals surface area contributed by atoms with Gasteiger partial charge in [-0.3, -0.25) is 14.7 Å². The van der Waals surface area contributed by atoms with Crippen molar-refractivity contribution >= 4 is 23.5 Å². The Morgan fingerprint density at radius 1 is 1.17 bits per heavy atom. The average Bonchev–Trinajstić information content (AvgIpc) is 3.24. The van der Waals surface area contributed by atoms with E-state index in [1.165, 1.54) is 24.1 Å². The number of anilines is 1. The molecule has 1 fully saturated rings. The number of hydrogen-bond acceptors (Lipinski definition) is 5. The van der Waals surface area contributed by atoms with E-state index in [0.717, 1.165) is 5.56 Å². The lowest BCUT2D eigenvalue weighted by Crippen LogP contribution is -2.25. The molecule has 0 radical (unpaired) electrons. The lowest BCUT2D eigenvalue weighted by molar-refractivity contribution is -0.117. The van der Waals surface area contributed by atoms with Crippen LogP contribution in [0.25, 0.3) is 11.1 Å². The zero-order chi connectivity index (χ0) is 24.8. The third-order valence-electron chi connectivity index (χ3n) is 5.84. The average molecular weight is 476 g/mol. The molecule has 2 aromatic carbocycles. The summed E-state index contributed by atoms with van der Waals surface area (Å²) in [6.07, 6.45) is 3.65. The minimum atomic E-state index is -0.536. The van der Waals surface area contributed by atoms with Crippen LogP contribution in [-0.2, 0) is 16.0 Å². The molecule has 4 rings (SSSR count). The van der Waals surface area contributed by atoms with E-state index >= 15 is 0 Å². The quantitative estimate of drug-likeness (QED) is 0.490. The first-order chi connectivity index (χ1) is 16.9. The van der Waals surface area contributed by atoms with Crippen LogP contribution in [0.3, 0.4) is 0 Å². The maximum Gasteiger partial charge on any atom is 0.414 e. The molecule has 0 saturated carbocycles. The Bertz CT molecular complexity index is 1210. The Morgan fingerprint density at radius 3 is 2.66 bits per heavy atom. The number of pyridine rings is 1. The molecule has 35 heavy (non-hydrogen) atoms. The number of nitrogens with one attached hydrogen (secondary N) is 1. The molecule has 180 valence electrons. The molecule has 1 aliphatic heterocycles. The van der Waals surface area contributed by atoms with Crippen LogP contribution >= 0.6 is 0 Å². The fourth-order valence-corrected chi connectivity index (χ4v) is 3.92. The van der Waals surface area contributed by atoms with Gasteiger partial charge < -0.3 is 14.8 Å². The third kappa shape index (κ3) is 6.09. The summed E-state index contributed by atoms with van der Waals surface area (Å²) in [4.78, 5) is 40.8. The van der Waals surface area contributed by atoms with Gasteiger partial charge in [0.05, 0.1) is 17.8 Å². The maximum absolute atomic E-state index is 14.9. The highest BCUT2D eigenvalue weighted by molar-refractivity contribution is 5.93. The van der Waals surface area contributed by atoms with Gasteiger partial charge in [-0.05, 0) is 61.2 Å². The summed E-state index contributed by atoms with van der Waals surface area (Å²) in [5.41, 5.74) is 3.07. The van der Waals surface area contributed by atoms with E-state index in [1.807, 2.05) is 24.3 Å². The van der Waals surface area contributed by atoms with Crippen molar-refractivity contribution in [3.05, 3.63) is 83.9 Å². The predicted molar refractivity (Wildman–Crippen MR) is 130 cm³/mol. The second kappa shape index (κ2) is 10.9. The lowest BCUT2D eigenvalue weighted by Gasteiger charge is -2.14. The second-order valence-corrected chi connectivity index (χ2v) is 8.47. The molecular weight excluding hydrogens is 449 g/mol. The number of aromatic nitrogens is 1. The molecule has 7 nitrogen and oxygen atoms in total. The summed E-state index contributed by atoms with van der Waals surface area (Å²) < 4.78 is 20.2. The van der Waals surface area contributed by atoms with E-state index in [2.05, 4.69) is 10.3 Å². The van der Waals surface area contributed by atoms with Crippen LogP contribution in [0.2, 0.25) is 0 Å². The smallest absolute Gasteiger partial charge is 0.414 e. The molecule has 0 unspecified atom stereocenters. The molecule has 0 spiro atoms. The van der Waals surface area contributed by atoms with Crippen LogP contribution in [0.5, 0.6) is 0 Å². The number of ether oxygens (including phenoxy) is 1. The summed E-state index contributed by atoms with van der Waals surface area (Å²) in [5, 5.41) is 2.86. The maximum atomic E-state index is 14.9. The summed E-state index contributed by atoms with van der Waals surface area (Å²) in [5.74, 6) is -0.585. The standard InChI is InChI=1S/C27H26FN3O4/c1-18(32)4-10-23-17-31(27(34)35-23)22-9-11-24(25(28)15-22)20-7-5-19(6-8-20)12-14-30-26(33)21-3-2-13-29-16-21/h2-3,5-9,11,13,15-16,23H,4,10,12,14,17H2,1H3,(H,30,33)/t23-/m0/s1. The molecule has 2 heterocycles. The molecule has 1 aliphatic rings. The van der Waals surface area contributed by atoms with Gasteiger partial charge in [0.25, 0.3) is 5.91 Å². The highest BCUT2D eigenvalue weighted by Gasteiger charge is 2.32. The number of cyclic esters (lactones) is 1. The number of rotatable bonds is 9. The molecule has 0 bridgehead atoms. The number of ketones is 1. The van der Waals surface area contributed by atoms with Crippen molar-refractivity contribution in [1.82, 2.24) is 10.3 Å². The van der Waals surface area contributed by atoms with Crippen LogP contribution in [0.4, 0.5) is 14.9 Å². The second-order valence-electron chi connectivity index (χ2n) is 8.47. The number of carbonyl (C=O) groups is 3. The highest BCUT2D eigenvalue weighted by Crippen LogP contribution is 2.30. The van der Waals surface area contributed by atoms with Crippen molar-refractivity contribution < 1.29 is 23.5 Å². The van der Waals surface area contributed by atoms with Gasteiger partial charge in [0.1, 0.15) is 17.7 Å². The van der Waals surface area contributed by atoms with E-state index in [9.17, 15) is 18.8 Å². The van der Waals surface area contributed by atoms with Crippen molar-refractivity contribution in [2.45, 2.75) is 32.3 Å². The van der Waals surface area contributed by atoms with E-state index in [0.29, 0.717) is 48.2 Å². The number of hydrogen-bond donors (Lipinski definition) is 1. The van der Waals surface area contributed by atoms with Crippen molar-refractivity contribution in [1.29, 1.82) is 0 Å². The fraction of sp³-hybridized carbons (Fsp3) is 0.259. The highest BCUT2D eigenvalue weighted by atomic mass is 19.1. The molecule has 8 heteroatoms. The Labute approximate surface area is 202 Å². The van der Waals surface area contributed by atoms with Crippen LogP contribution in [-0.4, -0.2) is 42.0 Å². The van der Waals surface area contributed by atoms with Gasteiger partial charge in [0, 0.05) is 30.9 Å². The van der Waals surface area contributed by atoms with Crippen molar-refractivity contribution in [2.24, 2.45) is 0 Å². The first kappa shape index (κ1) is 24.1. The Balaban J connectivity index is 1.35. The number of nitrogens with zero attached hydrogens (tertiary/aromatic N) is 2. The van der Waals surface area contributed by atoms with Crippen LogP contribution < -0.4 is 10.2 Å². The largest absolute Gasteiger partial charge is 0.444 e. The van der Waals surface area contributed by atoms with E-state index in [-0.39, 0.29) is 24.3 Å². The van der Waals surface area contributed by atoms with Gasteiger partial charge in [0.15, 0.2) is 0 Å². The third-order valence-corrected chi connectivity index (χ3v) is 5.84. The van der Waals surface area contributed by atoms with Gasteiger partial charge in [0.2, 0.25) is 0 Å². The molecule has 0 aliphatic carbocycles. The Morgan fingerprint density at radius 2 is 1.97 bits per heavy atom. The monoisotopic (exact) mass is 475 g/mol. The van der Waals surface area contributed by atoms with Crippen LogP contribution in [0.1, 0.15) is 35.7 Å². The number of Topliss-reactive ketones (excluding diaryl/α,β-unsaturated/α-hetero) is 1. The first-order valence-corrected chi connectivity index (χ1v) is 11.5. The summed E-state index contributed by atoms with van der Waals surface area (Å²) in [6, 6.07) is 15.5. The predicted octanol–water partition coefficient (Wildman–Crippen LogP) is 4.55. The summed E-state index contributed by atoms with van der Waals surface area (Å²) in [7, 11) is 0. The molecule has 2 amide bonds. The number of halogens is 1. The van der Waals surface area contributed by atoms with Gasteiger partial charge in [-0.2, -0.15) is 0 Å². The van der Waals surface area contributed by atoms with E-state index in [4.69, 9.17) is 4.74 Å². The van der Waals surface area contributed by atoms with Gasteiger partial charge in [-0.15, -0.1) is 0 Å². The first-order valence-electron chi connectivity index (χ1n) is 11.5. The van der Waals surface area contributed by atoms with Crippen LogP contribution in [0.15, 0.2) is 67.0 Å². The zero-order valence-corrected chi connectivity index (χ0v) is 19.4. The number of benzene rings is 2. The van der Waals surface area contributed by atoms with Gasteiger partial charge in [-0.1, -0.05) is 24.3 Å². The van der Waals surface area contributed by atoms with E-state index in [1.54, 1.807) is 30.5 Å². The number of carbonyl (C=O) groups excluding carboxylic acids is 3. The summed E-state index contributed by atoms with van der Waals surface area (Å²) >= 11 is 0. The van der Waals surface area contributed by atoms with Gasteiger partial charge >= 0.3 is 6.09 Å². The van der Waals surface area contributed by atoms with Crippen molar-refractivity contribution in [3.8, 4) is 11.1 Å². The Hall–Kier alpha value is -4.07. The van der Waals surface area contributed by atoms with Crippen molar-refractivity contribution in [3.63, 3.8) is 0 Å². The SMILES string of the molecule is CC(=O)CC[C@H]1CN(c2ccc(-c3ccc(CCNC(=O)c4cccnc4)cc3)c(F)c2)C(=O)O1. The Kier molecular flexibility index (Phi) is 7.50. The normalized spacial score (nSPS) is 15.1.